The van der Waals surface area contributed by atoms with Gasteiger partial charge in [-0.1, -0.05) is 66.7 Å². The normalized spacial score (nSPS) is 16.2. The first-order valence-electron chi connectivity index (χ1n) is 10.9. The molecule has 2 aliphatic heterocycles. The van der Waals surface area contributed by atoms with Gasteiger partial charge in [-0.25, -0.2) is 0 Å². The van der Waals surface area contributed by atoms with Crippen molar-refractivity contribution in [1.82, 2.24) is 9.46 Å². The van der Waals surface area contributed by atoms with Crippen molar-refractivity contribution in [2.45, 2.75) is 0 Å². The molecule has 6 heteroatoms. The van der Waals surface area contributed by atoms with Crippen LogP contribution in [0.15, 0.2) is 103 Å². The lowest BCUT2D eigenvalue weighted by atomic mass is 9.86. The summed E-state index contributed by atoms with van der Waals surface area (Å²) in [5, 5.41) is 0. The van der Waals surface area contributed by atoms with Crippen LogP contribution in [0.1, 0.15) is 22.5 Å². The molecule has 0 spiro atoms. The topological polar surface area (TPSA) is 23.7 Å². The van der Waals surface area contributed by atoms with Crippen molar-refractivity contribution in [3.8, 4) is 11.4 Å². The van der Waals surface area contributed by atoms with E-state index in [0.717, 1.165) is 26.9 Å². The molecule has 4 heterocycles. The second kappa shape index (κ2) is 7.45. The number of benzene rings is 2. The van der Waals surface area contributed by atoms with Gasteiger partial charge in [-0.15, -0.1) is 0 Å². The van der Waals surface area contributed by atoms with Gasteiger partial charge in [0, 0.05) is 29.2 Å². The molecule has 2 aliphatic rings. The van der Waals surface area contributed by atoms with Crippen molar-refractivity contribution in [2.75, 3.05) is 0 Å². The van der Waals surface area contributed by atoms with Gasteiger partial charge < -0.3 is 22.6 Å². The lowest BCUT2D eigenvalue weighted by Crippen LogP contribution is -2.49. The molecule has 0 radical (unpaired) electrons. The van der Waals surface area contributed by atoms with Gasteiger partial charge in [0.25, 0.3) is 0 Å². The van der Waals surface area contributed by atoms with E-state index in [1.54, 1.807) is 24.3 Å². The second-order valence-corrected chi connectivity index (χ2v) is 8.18. The predicted molar refractivity (Wildman–Crippen MR) is 131 cm³/mol. The summed E-state index contributed by atoms with van der Waals surface area (Å²) in [6.07, 6.45) is 8.85. The highest BCUT2D eigenvalue weighted by Crippen LogP contribution is 2.41. The standard InChI is InChI=1S/C27H20BF2N3/c29-28(30)32-19-7-12-25(32)27(21-10-5-2-6-11-21)26-18-17-24(33(26)28)23-16-15-22(31-23)14-13-20-8-3-1-4-9-20/h1-19,31H/b14-13+. The Morgan fingerprint density at radius 2 is 1.52 bits per heavy atom. The number of hydrogen-bond acceptors (Lipinski definition) is 0. The highest BCUT2D eigenvalue weighted by molar-refractivity contribution is 6.58. The summed E-state index contributed by atoms with van der Waals surface area (Å²) < 4.78 is 33.9. The van der Waals surface area contributed by atoms with Gasteiger partial charge in [-0.3, -0.25) is 0 Å². The van der Waals surface area contributed by atoms with Crippen LogP contribution in [0.25, 0.3) is 29.1 Å². The highest BCUT2D eigenvalue weighted by Gasteiger charge is 2.52. The van der Waals surface area contributed by atoms with E-state index in [2.05, 4.69) is 4.98 Å². The van der Waals surface area contributed by atoms with Crippen LogP contribution in [-0.4, -0.2) is 27.1 Å². The number of fused-ring (bicyclic) bond motifs is 2. The van der Waals surface area contributed by atoms with Crippen molar-refractivity contribution in [2.24, 2.45) is 0 Å². The number of allylic oxidation sites excluding steroid dienone is 2. The average Bonchev–Trinajstić information content (AvgIpc) is 3.59. The second-order valence-electron chi connectivity index (χ2n) is 8.18. The predicted octanol–water partition coefficient (Wildman–Crippen LogP) is 6.30. The molecule has 0 fully saturated rings. The van der Waals surface area contributed by atoms with E-state index in [0.29, 0.717) is 22.8 Å². The van der Waals surface area contributed by atoms with E-state index in [-0.39, 0.29) is 0 Å². The van der Waals surface area contributed by atoms with Crippen molar-refractivity contribution in [3.63, 3.8) is 0 Å². The van der Waals surface area contributed by atoms with Gasteiger partial charge >= 0.3 is 6.97 Å². The van der Waals surface area contributed by atoms with Crippen LogP contribution in [0, 0.1) is 0 Å². The van der Waals surface area contributed by atoms with Crippen LogP contribution >= 0.6 is 0 Å². The van der Waals surface area contributed by atoms with Gasteiger partial charge in [-0.2, -0.15) is 0 Å². The van der Waals surface area contributed by atoms with Gasteiger partial charge in [0.1, 0.15) is 6.21 Å². The molecule has 3 nitrogen and oxygen atoms in total. The minimum atomic E-state index is -4.04. The third kappa shape index (κ3) is 3.14. The largest absolute Gasteiger partial charge is 0.737 e. The molecule has 0 saturated carbocycles. The quantitative estimate of drug-likeness (QED) is 0.364. The van der Waals surface area contributed by atoms with E-state index >= 15 is 8.63 Å². The van der Waals surface area contributed by atoms with Crippen LogP contribution in [0.3, 0.4) is 0 Å². The monoisotopic (exact) mass is 435 g/mol. The lowest BCUT2D eigenvalue weighted by molar-refractivity contribution is -0.356. The summed E-state index contributed by atoms with van der Waals surface area (Å²) in [6, 6.07) is 27.0. The molecule has 0 aliphatic carbocycles. The number of nitrogens with one attached hydrogen (secondary N) is 1. The Morgan fingerprint density at radius 1 is 0.788 bits per heavy atom. The molecule has 0 amide bonds. The number of H-pyrrole nitrogens is 1. The molecule has 0 unspecified atom stereocenters. The smallest absolute Gasteiger partial charge is 0.389 e. The van der Waals surface area contributed by atoms with Crippen molar-refractivity contribution >= 4 is 30.9 Å². The molecular weight excluding hydrogens is 415 g/mol. The number of halogens is 2. The maximum atomic E-state index is 15.8. The number of nitrogens with zero attached hydrogens (tertiary/aromatic N) is 2. The molecule has 1 N–H and O–H groups in total. The molecule has 2 aromatic heterocycles. The summed E-state index contributed by atoms with van der Waals surface area (Å²) >= 11 is 0. The van der Waals surface area contributed by atoms with E-state index < -0.39 is 6.97 Å². The number of aromatic nitrogens is 2. The fourth-order valence-electron chi connectivity index (χ4n) is 4.65. The zero-order valence-corrected chi connectivity index (χ0v) is 17.7. The Labute approximate surface area is 190 Å². The van der Waals surface area contributed by atoms with Crippen LogP contribution in [-0.2, 0) is 0 Å². The summed E-state index contributed by atoms with van der Waals surface area (Å²) in [4.78, 5) is 3.30. The third-order valence-electron chi connectivity index (χ3n) is 6.16. The average molecular weight is 435 g/mol. The van der Waals surface area contributed by atoms with Gasteiger partial charge in [0.15, 0.2) is 5.70 Å². The molecule has 33 heavy (non-hydrogen) atoms. The zero-order valence-electron chi connectivity index (χ0n) is 17.7. The number of rotatable bonds is 4. The molecular formula is C27H20BF2N3. The minimum absolute atomic E-state index is 0.460. The highest BCUT2D eigenvalue weighted by atomic mass is 19.2. The van der Waals surface area contributed by atoms with Crippen LogP contribution in [0.2, 0.25) is 0 Å². The Bertz CT molecular complexity index is 1470. The summed E-state index contributed by atoms with van der Waals surface area (Å²) in [5.74, 6) is 0. The molecule has 4 aromatic rings. The molecule has 6 rings (SSSR count). The molecule has 0 atom stereocenters. The number of aromatic amines is 1. The Morgan fingerprint density at radius 3 is 2.30 bits per heavy atom. The fourth-order valence-corrected chi connectivity index (χ4v) is 4.65. The van der Waals surface area contributed by atoms with E-state index in [4.69, 9.17) is 0 Å². The fraction of sp³-hybridized carbons (Fsp3) is 0. The summed E-state index contributed by atoms with van der Waals surface area (Å²) in [7, 11) is 0. The first-order chi connectivity index (χ1) is 16.1. The van der Waals surface area contributed by atoms with Gasteiger partial charge in [0.2, 0.25) is 0 Å². The Hall–Kier alpha value is -4.19. The number of hydrogen-bond donors (Lipinski definition) is 1. The molecule has 0 bridgehead atoms. The van der Waals surface area contributed by atoms with Crippen LogP contribution in [0.5, 0.6) is 0 Å². The minimum Gasteiger partial charge on any atom is -0.389 e. The first-order valence-corrected chi connectivity index (χ1v) is 10.9. The van der Waals surface area contributed by atoms with Crippen molar-refractivity contribution in [3.05, 3.63) is 125 Å². The molecule has 160 valence electrons. The van der Waals surface area contributed by atoms with Crippen molar-refractivity contribution in [1.29, 1.82) is 0 Å². The van der Waals surface area contributed by atoms with Crippen LogP contribution < -0.4 is 0 Å². The first kappa shape index (κ1) is 19.5. The van der Waals surface area contributed by atoms with Gasteiger partial charge in [-0.05, 0) is 41.5 Å². The third-order valence-corrected chi connectivity index (χ3v) is 6.16. The van der Waals surface area contributed by atoms with E-state index in [1.807, 2.05) is 84.9 Å². The molecule has 2 aromatic carbocycles. The van der Waals surface area contributed by atoms with E-state index in [9.17, 15) is 0 Å². The maximum Gasteiger partial charge on any atom is 0.737 e. The zero-order chi connectivity index (χ0) is 22.4. The Kier molecular flexibility index (Phi) is 4.40. The lowest BCUT2D eigenvalue weighted by Gasteiger charge is -2.32. The maximum absolute atomic E-state index is 15.8. The van der Waals surface area contributed by atoms with E-state index in [1.165, 1.54) is 10.7 Å². The molecule has 0 saturated heterocycles. The Balaban J connectivity index is 1.46. The SMILES string of the molecule is F[B-]1(F)n2c(ccc2-c2ccc(/C=C/c3ccccc3)[nH]2)C(c2ccccc2)=C2C=CC=[N+]21. The summed E-state index contributed by atoms with van der Waals surface area (Å²) in [5.41, 5.74) is 5.80. The van der Waals surface area contributed by atoms with Crippen molar-refractivity contribution < 1.29 is 13.1 Å². The van der Waals surface area contributed by atoms with Gasteiger partial charge in [0.05, 0.1) is 11.3 Å². The summed E-state index contributed by atoms with van der Waals surface area (Å²) in [6.45, 7) is -4.04. The van der Waals surface area contributed by atoms with Crippen LogP contribution in [0.4, 0.5) is 8.63 Å².